The van der Waals surface area contributed by atoms with Gasteiger partial charge in [0.25, 0.3) is 0 Å². The van der Waals surface area contributed by atoms with Crippen LogP contribution in [-0.2, 0) is 9.84 Å². The van der Waals surface area contributed by atoms with E-state index >= 15 is 0 Å². The van der Waals surface area contributed by atoms with Crippen LogP contribution in [0.4, 0.5) is 0 Å². The van der Waals surface area contributed by atoms with Crippen molar-refractivity contribution in [2.75, 3.05) is 24.7 Å². The van der Waals surface area contributed by atoms with Crippen LogP contribution >= 0.6 is 0 Å². The number of hydrogen-bond donors (Lipinski definition) is 1. The first kappa shape index (κ1) is 11.4. The second-order valence-electron chi connectivity index (χ2n) is 3.89. The molecule has 2 rings (SSSR count). The van der Waals surface area contributed by atoms with E-state index < -0.39 is 9.84 Å². The molecule has 1 aliphatic rings. The number of hydrogen-bond acceptors (Lipinski definition) is 4. The summed E-state index contributed by atoms with van der Waals surface area (Å²) in [6.07, 6.45) is 0. The monoisotopic (exact) mass is 241 g/mol. The van der Waals surface area contributed by atoms with Gasteiger partial charge in [-0.25, -0.2) is 8.42 Å². The number of sulfone groups is 1. The summed E-state index contributed by atoms with van der Waals surface area (Å²) in [6.45, 7) is 0.911. The molecule has 0 aromatic heterocycles. The Balaban J connectivity index is 1.87. The van der Waals surface area contributed by atoms with Gasteiger partial charge in [-0.2, -0.15) is 0 Å². The van der Waals surface area contributed by atoms with E-state index in [2.05, 4.69) is 5.32 Å². The fourth-order valence-electron chi connectivity index (χ4n) is 1.69. The van der Waals surface area contributed by atoms with E-state index in [9.17, 15) is 8.42 Å². The Labute approximate surface area is 95.5 Å². The largest absolute Gasteiger partial charge is 0.492 e. The molecule has 1 aromatic rings. The third kappa shape index (κ3) is 3.21. The van der Waals surface area contributed by atoms with Crippen molar-refractivity contribution in [1.29, 1.82) is 0 Å². The minimum Gasteiger partial charge on any atom is -0.492 e. The summed E-state index contributed by atoms with van der Waals surface area (Å²) in [5, 5.41) is 3.14. The molecule has 1 unspecified atom stereocenters. The van der Waals surface area contributed by atoms with Gasteiger partial charge in [0.2, 0.25) is 0 Å². The Morgan fingerprint density at radius 2 is 2.06 bits per heavy atom. The van der Waals surface area contributed by atoms with Crippen molar-refractivity contribution in [3.63, 3.8) is 0 Å². The van der Waals surface area contributed by atoms with Gasteiger partial charge in [0, 0.05) is 6.54 Å². The van der Waals surface area contributed by atoms with Gasteiger partial charge in [0.1, 0.15) is 12.4 Å². The highest BCUT2D eigenvalue weighted by atomic mass is 32.2. The molecule has 4 nitrogen and oxygen atoms in total. The Morgan fingerprint density at radius 3 is 2.75 bits per heavy atom. The Kier molecular flexibility index (Phi) is 3.46. The molecule has 1 aromatic carbocycles. The summed E-state index contributed by atoms with van der Waals surface area (Å²) in [6, 6.07) is 9.31. The van der Waals surface area contributed by atoms with Crippen molar-refractivity contribution < 1.29 is 13.2 Å². The lowest BCUT2D eigenvalue weighted by Crippen LogP contribution is -2.48. The smallest absolute Gasteiger partial charge is 0.153 e. The van der Waals surface area contributed by atoms with Crippen LogP contribution in [-0.4, -0.2) is 39.1 Å². The average Bonchev–Trinajstić information content (AvgIpc) is 2.27. The molecule has 0 bridgehead atoms. The zero-order valence-electron chi connectivity index (χ0n) is 8.93. The number of benzene rings is 1. The van der Waals surface area contributed by atoms with Crippen LogP contribution < -0.4 is 10.1 Å². The molecule has 0 amide bonds. The average molecular weight is 241 g/mol. The molecule has 0 spiro atoms. The van der Waals surface area contributed by atoms with Gasteiger partial charge in [0.05, 0.1) is 17.5 Å². The summed E-state index contributed by atoms with van der Waals surface area (Å²) in [4.78, 5) is 0. The van der Waals surface area contributed by atoms with E-state index in [4.69, 9.17) is 4.74 Å². The molecule has 0 radical (unpaired) electrons. The Morgan fingerprint density at radius 1 is 1.31 bits per heavy atom. The number of nitrogens with one attached hydrogen (secondary N) is 1. The molecule has 88 valence electrons. The zero-order chi connectivity index (χ0) is 11.4. The van der Waals surface area contributed by atoms with Gasteiger partial charge in [-0.1, -0.05) is 18.2 Å². The molecule has 1 saturated heterocycles. The predicted octanol–water partition coefficient (Wildman–Crippen LogP) is 0.452. The lowest BCUT2D eigenvalue weighted by atomic mass is 10.3. The van der Waals surface area contributed by atoms with Crippen molar-refractivity contribution in [3.8, 4) is 5.75 Å². The minimum atomic E-state index is -2.88. The summed E-state index contributed by atoms with van der Waals surface area (Å²) >= 11 is 0. The SMILES string of the molecule is O=S1(=O)CCNC(COc2ccccc2)C1. The highest BCUT2D eigenvalue weighted by molar-refractivity contribution is 7.91. The third-order valence-electron chi connectivity index (χ3n) is 2.50. The maximum absolute atomic E-state index is 11.4. The van der Waals surface area contributed by atoms with E-state index in [-0.39, 0.29) is 17.5 Å². The van der Waals surface area contributed by atoms with Gasteiger partial charge < -0.3 is 10.1 Å². The van der Waals surface area contributed by atoms with E-state index in [1.54, 1.807) is 0 Å². The van der Waals surface area contributed by atoms with Crippen molar-refractivity contribution in [2.24, 2.45) is 0 Å². The van der Waals surface area contributed by atoms with Crippen molar-refractivity contribution >= 4 is 9.84 Å². The van der Waals surface area contributed by atoms with Gasteiger partial charge in [0.15, 0.2) is 9.84 Å². The van der Waals surface area contributed by atoms with Crippen LogP contribution in [0.3, 0.4) is 0 Å². The van der Waals surface area contributed by atoms with E-state index in [0.29, 0.717) is 13.2 Å². The van der Waals surface area contributed by atoms with Crippen LogP contribution in [0.15, 0.2) is 30.3 Å². The maximum atomic E-state index is 11.4. The fraction of sp³-hybridized carbons (Fsp3) is 0.455. The van der Waals surface area contributed by atoms with Crippen molar-refractivity contribution in [2.45, 2.75) is 6.04 Å². The highest BCUT2D eigenvalue weighted by Gasteiger charge is 2.24. The first-order valence-electron chi connectivity index (χ1n) is 5.27. The lowest BCUT2D eigenvalue weighted by molar-refractivity contribution is 0.273. The van der Waals surface area contributed by atoms with Crippen molar-refractivity contribution in [1.82, 2.24) is 5.32 Å². The molecule has 1 heterocycles. The maximum Gasteiger partial charge on any atom is 0.153 e. The first-order chi connectivity index (χ1) is 7.66. The zero-order valence-corrected chi connectivity index (χ0v) is 9.74. The van der Waals surface area contributed by atoms with Crippen LogP contribution in [0.5, 0.6) is 5.75 Å². The Hall–Kier alpha value is -1.07. The van der Waals surface area contributed by atoms with Gasteiger partial charge in [-0.3, -0.25) is 0 Å². The molecule has 1 fully saturated rings. The summed E-state index contributed by atoms with van der Waals surface area (Å²) < 4.78 is 28.3. The Bertz CT molecular complexity index is 430. The van der Waals surface area contributed by atoms with Gasteiger partial charge >= 0.3 is 0 Å². The molecule has 5 heteroatoms. The second-order valence-corrected chi connectivity index (χ2v) is 6.12. The lowest BCUT2D eigenvalue weighted by Gasteiger charge is -2.23. The normalized spacial score (nSPS) is 23.9. The number of rotatable bonds is 3. The van der Waals surface area contributed by atoms with Crippen LogP contribution in [0.25, 0.3) is 0 Å². The van der Waals surface area contributed by atoms with Crippen LogP contribution in [0.2, 0.25) is 0 Å². The van der Waals surface area contributed by atoms with Crippen LogP contribution in [0.1, 0.15) is 0 Å². The molecule has 1 aliphatic heterocycles. The molecular weight excluding hydrogens is 226 g/mol. The van der Waals surface area contributed by atoms with Gasteiger partial charge in [-0.05, 0) is 12.1 Å². The number of ether oxygens (including phenoxy) is 1. The molecule has 0 saturated carbocycles. The standard InChI is InChI=1S/C11H15NO3S/c13-16(14)7-6-12-10(9-16)8-15-11-4-2-1-3-5-11/h1-5,10,12H,6-9H2. The molecule has 1 atom stereocenters. The quantitative estimate of drug-likeness (QED) is 0.835. The summed E-state index contributed by atoms with van der Waals surface area (Å²) in [5.41, 5.74) is 0. The molecule has 16 heavy (non-hydrogen) atoms. The topological polar surface area (TPSA) is 55.4 Å². The van der Waals surface area contributed by atoms with E-state index in [1.165, 1.54) is 0 Å². The molecule has 1 N–H and O–H groups in total. The third-order valence-corrected chi connectivity index (χ3v) is 4.23. The van der Waals surface area contributed by atoms with Crippen molar-refractivity contribution in [3.05, 3.63) is 30.3 Å². The number of para-hydroxylation sites is 1. The fourth-order valence-corrected chi connectivity index (χ4v) is 3.11. The summed E-state index contributed by atoms with van der Waals surface area (Å²) in [5.74, 6) is 1.17. The minimum absolute atomic E-state index is 0.0982. The van der Waals surface area contributed by atoms with E-state index in [1.807, 2.05) is 30.3 Å². The molecule has 0 aliphatic carbocycles. The first-order valence-corrected chi connectivity index (χ1v) is 7.09. The summed E-state index contributed by atoms with van der Waals surface area (Å²) in [7, 11) is -2.88. The van der Waals surface area contributed by atoms with E-state index in [0.717, 1.165) is 5.75 Å². The molecular formula is C11H15NO3S. The van der Waals surface area contributed by atoms with Crippen LogP contribution in [0, 0.1) is 0 Å². The second kappa shape index (κ2) is 4.84. The van der Waals surface area contributed by atoms with Gasteiger partial charge in [-0.15, -0.1) is 0 Å². The predicted molar refractivity (Wildman–Crippen MR) is 62.4 cm³/mol. The highest BCUT2D eigenvalue weighted by Crippen LogP contribution is 2.10.